The number of benzene rings is 2. The van der Waals surface area contributed by atoms with Crippen molar-refractivity contribution in [1.29, 1.82) is 0 Å². The van der Waals surface area contributed by atoms with Crippen LogP contribution in [0.1, 0.15) is 31.4 Å². The Balaban J connectivity index is 2.07. The fourth-order valence-electron chi connectivity index (χ4n) is 2.22. The van der Waals surface area contributed by atoms with Crippen molar-refractivity contribution >= 4 is 10.8 Å². The second kappa shape index (κ2) is 7.24. The Morgan fingerprint density at radius 3 is 2.63 bits per heavy atom. The van der Waals surface area contributed by atoms with Crippen molar-refractivity contribution in [2.75, 3.05) is 13.2 Å². The topological polar surface area (TPSA) is 47.3 Å². The van der Waals surface area contributed by atoms with E-state index in [1.165, 1.54) is 16.3 Å². The van der Waals surface area contributed by atoms with Crippen molar-refractivity contribution < 1.29 is 4.74 Å². The van der Waals surface area contributed by atoms with Gasteiger partial charge in [-0.25, -0.2) is 0 Å². The Morgan fingerprint density at radius 2 is 1.89 bits per heavy atom. The molecule has 3 heteroatoms. The predicted octanol–water partition coefficient (Wildman–Crippen LogP) is 3.16. The zero-order chi connectivity index (χ0) is 13.5. The maximum Gasteiger partial charge on any atom is 0.0484 e. The zero-order valence-corrected chi connectivity index (χ0v) is 11.4. The highest BCUT2D eigenvalue weighted by Gasteiger charge is 2.09. The van der Waals surface area contributed by atoms with Gasteiger partial charge in [0, 0.05) is 19.3 Å². The van der Waals surface area contributed by atoms with Gasteiger partial charge in [-0.1, -0.05) is 43.3 Å². The molecule has 0 aliphatic heterocycles. The van der Waals surface area contributed by atoms with Crippen molar-refractivity contribution in [2.24, 2.45) is 5.84 Å². The highest BCUT2D eigenvalue weighted by atomic mass is 16.5. The van der Waals surface area contributed by atoms with E-state index in [4.69, 9.17) is 10.6 Å². The third kappa shape index (κ3) is 3.77. The van der Waals surface area contributed by atoms with Crippen LogP contribution in [0, 0.1) is 0 Å². The zero-order valence-electron chi connectivity index (χ0n) is 11.4. The van der Waals surface area contributed by atoms with Gasteiger partial charge in [-0.05, 0) is 35.2 Å². The molecule has 1 unspecified atom stereocenters. The minimum absolute atomic E-state index is 0.140. The Hall–Kier alpha value is -1.42. The lowest BCUT2D eigenvalue weighted by atomic mass is 10.0. The Morgan fingerprint density at radius 1 is 1.11 bits per heavy atom. The molecule has 0 aliphatic carbocycles. The lowest BCUT2D eigenvalue weighted by Crippen LogP contribution is -2.29. The lowest BCUT2D eigenvalue weighted by Gasteiger charge is -2.17. The molecule has 19 heavy (non-hydrogen) atoms. The van der Waals surface area contributed by atoms with Crippen molar-refractivity contribution in [3.8, 4) is 0 Å². The minimum atomic E-state index is 0.140. The van der Waals surface area contributed by atoms with Gasteiger partial charge in [0.25, 0.3) is 0 Å². The van der Waals surface area contributed by atoms with Gasteiger partial charge in [0.05, 0.1) is 0 Å². The first-order valence-corrected chi connectivity index (χ1v) is 6.87. The quantitative estimate of drug-likeness (QED) is 0.455. The lowest BCUT2D eigenvalue weighted by molar-refractivity contribution is 0.124. The predicted molar refractivity (Wildman–Crippen MR) is 79.7 cm³/mol. The standard InChI is InChI=1S/C16H22N2O/c1-2-10-19-11-9-16(18-17)15-8-7-13-5-3-4-6-14(13)12-15/h3-8,12,16,18H,2,9-11,17H2,1H3. The molecule has 2 aromatic rings. The van der Waals surface area contributed by atoms with Crippen LogP contribution in [-0.2, 0) is 4.74 Å². The molecule has 3 N–H and O–H groups in total. The molecule has 0 fully saturated rings. The smallest absolute Gasteiger partial charge is 0.0484 e. The van der Waals surface area contributed by atoms with Gasteiger partial charge in [0.2, 0.25) is 0 Å². The van der Waals surface area contributed by atoms with Crippen LogP contribution >= 0.6 is 0 Å². The molecular weight excluding hydrogens is 236 g/mol. The van der Waals surface area contributed by atoms with E-state index in [1.807, 2.05) is 0 Å². The van der Waals surface area contributed by atoms with Crippen LogP contribution in [0.4, 0.5) is 0 Å². The molecule has 0 aromatic heterocycles. The third-order valence-electron chi connectivity index (χ3n) is 3.28. The van der Waals surface area contributed by atoms with Crippen LogP contribution in [-0.4, -0.2) is 13.2 Å². The van der Waals surface area contributed by atoms with Gasteiger partial charge < -0.3 is 4.74 Å². The summed E-state index contributed by atoms with van der Waals surface area (Å²) in [6.45, 7) is 3.66. The number of nitrogens with two attached hydrogens (primary N) is 1. The van der Waals surface area contributed by atoms with Crippen molar-refractivity contribution in [3.63, 3.8) is 0 Å². The number of nitrogens with one attached hydrogen (secondary N) is 1. The first-order chi connectivity index (χ1) is 9.35. The Kier molecular flexibility index (Phi) is 5.33. The molecule has 0 heterocycles. The Labute approximate surface area is 114 Å². The summed E-state index contributed by atoms with van der Waals surface area (Å²) in [5.41, 5.74) is 4.09. The molecule has 1 atom stereocenters. The monoisotopic (exact) mass is 258 g/mol. The molecule has 0 saturated heterocycles. The summed E-state index contributed by atoms with van der Waals surface area (Å²) in [7, 11) is 0. The maximum atomic E-state index is 5.66. The van der Waals surface area contributed by atoms with Crippen molar-refractivity contribution in [3.05, 3.63) is 48.0 Å². The van der Waals surface area contributed by atoms with Gasteiger partial charge >= 0.3 is 0 Å². The van der Waals surface area contributed by atoms with Crippen molar-refractivity contribution in [1.82, 2.24) is 5.43 Å². The van der Waals surface area contributed by atoms with Crippen LogP contribution in [0.3, 0.4) is 0 Å². The molecule has 102 valence electrons. The van der Waals surface area contributed by atoms with E-state index < -0.39 is 0 Å². The van der Waals surface area contributed by atoms with Crippen LogP contribution in [0.2, 0.25) is 0 Å². The number of hydrogen-bond donors (Lipinski definition) is 2. The van der Waals surface area contributed by atoms with Crippen LogP contribution in [0.25, 0.3) is 10.8 Å². The number of hydrogen-bond acceptors (Lipinski definition) is 3. The molecule has 0 spiro atoms. The molecule has 0 bridgehead atoms. The van der Waals surface area contributed by atoms with E-state index in [0.29, 0.717) is 0 Å². The Bertz CT molecular complexity index is 513. The first kappa shape index (κ1) is 14.0. The number of rotatable bonds is 7. The van der Waals surface area contributed by atoms with Crippen LogP contribution in [0.15, 0.2) is 42.5 Å². The number of hydrazine groups is 1. The number of ether oxygens (including phenoxy) is 1. The third-order valence-corrected chi connectivity index (χ3v) is 3.28. The van der Waals surface area contributed by atoms with Gasteiger partial charge in [-0.2, -0.15) is 0 Å². The van der Waals surface area contributed by atoms with E-state index in [0.717, 1.165) is 26.1 Å². The van der Waals surface area contributed by atoms with Gasteiger partial charge in [-0.3, -0.25) is 11.3 Å². The second-order valence-electron chi connectivity index (χ2n) is 4.73. The summed E-state index contributed by atoms with van der Waals surface area (Å²) in [6, 6.07) is 15.0. The fourth-order valence-corrected chi connectivity index (χ4v) is 2.22. The molecule has 0 saturated carbocycles. The van der Waals surface area contributed by atoms with Crippen LogP contribution < -0.4 is 11.3 Å². The maximum absolute atomic E-state index is 5.66. The average molecular weight is 258 g/mol. The van der Waals surface area contributed by atoms with Crippen molar-refractivity contribution in [2.45, 2.75) is 25.8 Å². The highest BCUT2D eigenvalue weighted by molar-refractivity contribution is 5.83. The van der Waals surface area contributed by atoms with E-state index in [1.54, 1.807) is 0 Å². The average Bonchev–Trinajstić information content (AvgIpc) is 2.47. The highest BCUT2D eigenvalue weighted by Crippen LogP contribution is 2.22. The molecule has 0 radical (unpaired) electrons. The summed E-state index contributed by atoms with van der Waals surface area (Å²) in [4.78, 5) is 0. The molecule has 0 aliphatic rings. The largest absolute Gasteiger partial charge is 0.381 e. The SMILES string of the molecule is CCCOCCC(NN)c1ccc2ccccc2c1. The summed E-state index contributed by atoms with van der Waals surface area (Å²) in [5.74, 6) is 5.66. The van der Waals surface area contributed by atoms with Crippen LogP contribution in [0.5, 0.6) is 0 Å². The molecular formula is C16H22N2O. The minimum Gasteiger partial charge on any atom is -0.381 e. The summed E-state index contributed by atoms with van der Waals surface area (Å²) in [5, 5.41) is 2.50. The summed E-state index contributed by atoms with van der Waals surface area (Å²) in [6.07, 6.45) is 1.94. The number of fused-ring (bicyclic) bond motifs is 1. The van der Waals surface area contributed by atoms with Gasteiger partial charge in [0.15, 0.2) is 0 Å². The molecule has 3 nitrogen and oxygen atoms in total. The second-order valence-corrected chi connectivity index (χ2v) is 4.73. The van der Waals surface area contributed by atoms with E-state index in [9.17, 15) is 0 Å². The van der Waals surface area contributed by atoms with Gasteiger partial charge in [-0.15, -0.1) is 0 Å². The van der Waals surface area contributed by atoms with E-state index in [2.05, 4.69) is 54.8 Å². The summed E-state index contributed by atoms with van der Waals surface area (Å²) >= 11 is 0. The van der Waals surface area contributed by atoms with Gasteiger partial charge in [0.1, 0.15) is 0 Å². The fraction of sp³-hybridized carbons (Fsp3) is 0.375. The van der Waals surface area contributed by atoms with E-state index >= 15 is 0 Å². The molecule has 2 aromatic carbocycles. The molecule has 0 amide bonds. The normalized spacial score (nSPS) is 12.7. The first-order valence-electron chi connectivity index (χ1n) is 6.87. The molecule has 2 rings (SSSR count). The van der Waals surface area contributed by atoms with E-state index in [-0.39, 0.29) is 6.04 Å². The summed E-state index contributed by atoms with van der Waals surface area (Å²) < 4.78 is 5.53.